The smallest absolute Gasteiger partial charge is 0.185 e. The lowest BCUT2D eigenvalue weighted by Gasteiger charge is -2.02. The van der Waals surface area contributed by atoms with Gasteiger partial charge in [0.15, 0.2) is 5.78 Å². The van der Waals surface area contributed by atoms with Crippen molar-refractivity contribution in [2.45, 2.75) is 0 Å². The molecule has 0 aliphatic carbocycles. The van der Waals surface area contributed by atoms with Crippen LogP contribution in [0, 0.1) is 0 Å². The highest BCUT2D eigenvalue weighted by Crippen LogP contribution is 2.22. The summed E-state index contributed by atoms with van der Waals surface area (Å²) in [6.45, 7) is 0. The van der Waals surface area contributed by atoms with Gasteiger partial charge in [-0.3, -0.25) is 4.79 Å². The van der Waals surface area contributed by atoms with E-state index in [1.165, 1.54) is 6.08 Å². The van der Waals surface area contributed by atoms with Gasteiger partial charge in [-0.05, 0) is 48.6 Å². The predicted molar refractivity (Wildman–Crippen MR) is 94.3 cm³/mol. The SMILES string of the molecule is O=C(/C=C/c1cc2ccccc2nc1Cl)c1ccc(Br)cc1. The van der Waals surface area contributed by atoms with Crippen molar-refractivity contribution in [3.63, 3.8) is 0 Å². The van der Waals surface area contributed by atoms with Gasteiger partial charge < -0.3 is 0 Å². The van der Waals surface area contributed by atoms with E-state index in [0.29, 0.717) is 10.7 Å². The van der Waals surface area contributed by atoms with Crippen molar-refractivity contribution in [3.8, 4) is 0 Å². The topological polar surface area (TPSA) is 30.0 Å². The predicted octanol–water partition coefficient (Wildman–Crippen LogP) is 5.55. The van der Waals surface area contributed by atoms with Gasteiger partial charge in [-0.15, -0.1) is 0 Å². The standard InChI is InChI=1S/C18H11BrClNO/c19-15-8-5-12(6-9-15)17(22)10-7-14-11-13-3-1-2-4-16(13)21-18(14)20/h1-11H/b10-7+. The Labute approximate surface area is 141 Å². The highest BCUT2D eigenvalue weighted by atomic mass is 79.9. The molecule has 1 heterocycles. The minimum Gasteiger partial charge on any atom is -0.289 e. The van der Waals surface area contributed by atoms with Crippen LogP contribution in [0.25, 0.3) is 17.0 Å². The van der Waals surface area contributed by atoms with Gasteiger partial charge in [-0.1, -0.05) is 45.7 Å². The fourth-order valence-electron chi connectivity index (χ4n) is 2.10. The second-order valence-corrected chi connectivity index (χ2v) is 6.04. The maximum absolute atomic E-state index is 12.1. The summed E-state index contributed by atoms with van der Waals surface area (Å²) < 4.78 is 0.940. The van der Waals surface area contributed by atoms with E-state index in [1.54, 1.807) is 18.2 Å². The van der Waals surface area contributed by atoms with Gasteiger partial charge in [0.1, 0.15) is 5.15 Å². The first-order valence-electron chi connectivity index (χ1n) is 6.67. The van der Waals surface area contributed by atoms with E-state index in [0.717, 1.165) is 20.9 Å². The van der Waals surface area contributed by atoms with Crippen LogP contribution >= 0.6 is 27.5 Å². The molecule has 0 aliphatic rings. The molecule has 3 rings (SSSR count). The summed E-state index contributed by atoms with van der Waals surface area (Å²) in [4.78, 5) is 16.5. The summed E-state index contributed by atoms with van der Waals surface area (Å²) in [5.41, 5.74) is 2.19. The number of ketones is 1. The van der Waals surface area contributed by atoms with E-state index in [2.05, 4.69) is 20.9 Å². The molecule has 108 valence electrons. The van der Waals surface area contributed by atoms with Crippen molar-refractivity contribution in [1.82, 2.24) is 4.98 Å². The molecule has 3 aromatic rings. The van der Waals surface area contributed by atoms with E-state index in [1.807, 2.05) is 42.5 Å². The molecule has 0 atom stereocenters. The summed E-state index contributed by atoms with van der Waals surface area (Å²) in [5.74, 6) is -0.0725. The average molecular weight is 373 g/mol. The number of nitrogens with zero attached hydrogens (tertiary/aromatic N) is 1. The summed E-state index contributed by atoms with van der Waals surface area (Å²) in [6, 6.07) is 16.9. The van der Waals surface area contributed by atoms with Gasteiger partial charge in [0.05, 0.1) is 5.52 Å². The van der Waals surface area contributed by atoms with E-state index in [9.17, 15) is 4.79 Å². The van der Waals surface area contributed by atoms with Crippen molar-refractivity contribution < 1.29 is 4.79 Å². The Morgan fingerprint density at radius 1 is 1.09 bits per heavy atom. The number of hydrogen-bond donors (Lipinski definition) is 0. The number of benzene rings is 2. The zero-order chi connectivity index (χ0) is 15.5. The molecule has 1 aromatic heterocycles. The van der Waals surface area contributed by atoms with Crippen LogP contribution in [0.2, 0.25) is 5.15 Å². The summed E-state index contributed by atoms with van der Waals surface area (Å²) in [7, 11) is 0. The summed E-state index contributed by atoms with van der Waals surface area (Å²) in [6.07, 6.45) is 3.22. The number of carbonyl (C=O) groups excluding carboxylic acids is 1. The number of pyridine rings is 1. The van der Waals surface area contributed by atoms with Crippen molar-refractivity contribution >= 4 is 50.3 Å². The molecule has 2 nitrogen and oxygen atoms in total. The van der Waals surface area contributed by atoms with E-state index in [-0.39, 0.29) is 5.78 Å². The van der Waals surface area contributed by atoms with Crippen LogP contribution in [0.5, 0.6) is 0 Å². The van der Waals surface area contributed by atoms with Crippen LogP contribution in [0.1, 0.15) is 15.9 Å². The summed E-state index contributed by atoms with van der Waals surface area (Å²) in [5, 5.41) is 1.38. The van der Waals surface area contributed by atoms with Gasteiger partial charge in [0.25, 0.3) is 0 Å². The van der Waals surface area contributed by atoms with Crippen molar-refractivity contribution in [3.05, 3.63) is 81.4 Å². The third kappa shape index (κ3) is 3.26. The minimum atomic E-state index is -0.0725. The van der Waals surface area contributed by atoms with Gasteiger partial charge in [-0.25, -0.2) is 4.98 Å². The van der Waals surface area contributed by atoms with Crippen molar-refractivity contribution in [2.24, 2.45) is 0 Å². The Bertz CT molecular complexity index is 872. The third-order valence-electron chi connectivity index (χ3n) is 3.25. The van der Waals surface area contributed by atoms with Crippen LogP contribution < -0.4 is 0 Å². The first-order chi connectivity index (χ1) is 10.6. The molecule has 0 bridgehead atoms. The number of halogens is 2. The number of rotatable bonds is 3. The molecular formula is C18H11BrClNO. The monoisotopic (exact) mass is 371 g/mol. The van der Waals surface area contributed by atoms with Gasteiger partial charge >= 0.3 is 0 Å². The molecule has 0 aliphatic heterocycles. The molecule has 0 fully saturated rings. The second-order valence-electron chi connectivity index (χ2n) is 4.77. The average Bonchev–Trinajstić information content (AvgIpc) is 2.53. The minimum absolute atomic E-state index is 0.0725. The second kappa shape index (κ2) is 6.42. The fraction of sp³-hybridized carbons (Fsp3) is 0. The zero-order valence-electron chi connectivity index (χ0n) is 11.5. The fourth-order valence-corrected chi connectivity index (χ4v) is 2.57. The molecule has 4 heteroatoms. The van der Waals surface area contributed by atoms with E-state index >= 15 is 0 Å². The Hall–Kier alpha value is -1.97. The highest BCUT2D eigenvalue weighted by molar-refractivity contribution is 9.10. The highest BCUT2D eigenvalue weighted by Gasteiger charge is 2.04. The van der Waals surface area contributed by atoms with Crippen molar-refractivity contribution in [1.29, 1.82) is 0 Å². The lowest BCUT2D eigenvalue weighted by Crippen LogP contribution is -1.93. The van der Waals surface area contributed by atoms with Gasteiger partial charge in [0.2, 0.25) is 0 Å². The third-order valence-corrected chi connectivity index (χ3v) is 4.08. The lowest BCUT2D eigenvalue weighted by atomic mass is 10.1. The Balaban J connectivity index is 1.90. The maximum atomic E-state index is 12.1. The number of aromatic nitrogens is 1. The number of carbonyl (C=O) groups is 1. The summed E-state index contributed by atoms with van der Waals surface area (Å²) >= 11 is 9.52. The van der Waals surface area contributed by atoms with E-state index < -0.39 is 0 Å². The van der Waals surface area contributed by atoms with Crippen LogP contribution in [0.15, 0.2) is 65.1 Å². The van der Waals surface area contributed by atoms with Crippen LogP contribution in [-0.4, -0.2) is 10.8 Å². The molecular weight excluding hydrogens is 362 g/mol. The maximum Gasteiger partial charge on any atom is 0.185 e. The molecule has 0 amide bonds. The molecule has 0 saturated heterocycles. The Morgan fingerprint density at radius 3 is 2.59 bits per heavy atom. The van der Waals surface area contributed by atoms with Crippen LogP contribution in [0.3, 0.4) is 0 Å². The molecule has 0 unspecified atom stereocenters. The largest absolute Gasteiger partial charge is 0.289 e. The molecule has 0 N–H and O–H groups in total. The lowest BCUT2D eigenvalue weighted by molar-refractivity contribution is 0.104. The molecule has 0 spiro atoms. The number of fused-ring (bicyclic) bond motifs is 1. The van der Waals surface area contributed by atoms with Crippen LogP contribution in [-0.2, 0) is 0 Å². The first-order valence-corrected chi connectivity index (χ1v) is 7.84. The normalized spacial score (nSPS) is 11.2. The first kappa shape index (κ1) is 14.9. The van der Waals surface area contributed by atoms with E-state index in [4.69, 9.17) is 11.6 Å². The van der Waals surface area contributed by atoms with Crippen LogP contribution in [0.4, 0.5) is 0 Å². The number of para-hydroxylation sites is 1. The quantitative estimate of drug-likeness (QED) is 0.343. The molecule has 0 radical (unpaired) electrons. The van der Waals surface area contributed by atoms with Gasteiger partial charge in [0, 0.05) is 21.0 Å². The molecule has 0 saturated carbocycles. The Kier molecular flexibility index (Phi) is 4.36. The van der Waals surface area contributed by atoms with Gasteiger partial charge in [-0.2, -0.15) is 0 Å². The number of hydrogen-bond acceptors (Lipinski definition) is 2. The zero-order valence-corrected chi connectivity index (χ0v) is 13.8. The molecule has 2 aromatic carbocycles. The molecule has 22 heavy (non-hydrogen) atoms. The van der Waals surface area contributed by atoms with Crippen molar-refractivity contribution in [2.75, 3.05) is 0 Å². The number of allylic oxidation sites excluding steroid dienone is 1. The Morgan fingerprint density at radius 2 is 1.82 bits per heavy atom.